The predicted molar refractivity (Wildman–Crippen MR) is 126 cm³/mol. The van der Waals surface area contributed by atoms with Crippen LogP contribution in [0.3, 0.4) is 0 Å². The number of carbonyl (C=O) groups excluding carboxylic acids is 1. The highest BCUT2D eigenvalue weighted by molar-refractivity contribution is 6.04. The lowest BCUT2D eigenvalue weighted by molar-refractivity contribution is -0.00735. The fraction of sp³-hybridized carbons (Fsp3) is 0.481. The summed E-state index contributed by atoms with van der Waals surface area (Å²) in [4.78, 5) is 23.9. The van der Waals surface area contributed by atoms with E-state index in [0.717, 1.165) is 42.6 Å². The van der Waals surface area contributed by atoms with Crippen molar-refractivity contribution >= 4 is 17.6 Å². The highest BCUT2D eigenvalue weighted by atomic mass is 16.5. The van der Waals surface area contributed by atoms with Gasteiger partial charge in [-0.3, -0.25) is 4.79 Å². The number of aromatic carboxylic acids is 1. The number of aliphatic hydroxyl groups excluding tert-OH is 2. The molecule has 1 unspecified atom stereocenters. The van der Waals surface area contributed by atoms with E-state index in [1.165, 1.54) is 43.5 Å². The molecular weight excluding hydrogens is 434 g/mol. The van der Waals surface area contributed by atoms with E-state index in [1.54, 1.807) is 6.07 Å². The van der Waals surface area contributed by atoms with Crippen LogP contribution < -0.4 is 10.1 Å². The van der Waals surface area contributed by atoms with Gasteiger partial charge < -0.3 is 25.4 Å². The Morgan fingerprint density at radius 1 is 0.971 bits per heavy atom. The molecule has 6 rings (SSSR count). The second-order valence-electron chi connectivity index (χ2n) is 10.4. The van der Waals surface area contributed by atoms with Crippen LogP contribution in [-0.4, -0.2) is 46.5 Å². The lowest BCUT2D eigenvalue weighted by Gasteiger charge is -2.57. The van der Waals surface area contributed by atoms with E-state index in [1.807, 2.05) is 12.1 Å². The summed E-state index contributed by atoms with van der Waals surface area (Å²) in [6, 6.07) is 11.5. The molecule has 0 aliphatic heterocycles. The van der Waals surface area contributed by atoms with Crippen LogP contribution in [0, 0.1) is 17.8 Å². The van der Waals surface area contributed by atoms with Gasteiger partial charge in [0, 0.05) is 16.8 Å². The van der Waals surface area contributed by atoms with E-state index in [9.17, 15) is 19.8 Å². The van der Waals surface area contributed by atoms with Gasteiger partial charge in [-0.05, 0) is 104 Å². The molecule has 7 heteroatoms. The Labute approximate surface area is 198 Å². The first-order valence-electron chi connectivity index (χ1n) is 12.1. The van der Waals surface area contributed by atoms with Crippen LogP contribution in [0.25, 0.3) is 0 Å². The Bertz CT molecular complexity index is 1040. The molecule has 4 bridgehead atoms. The largest absolute Gasteiger partial charge is 0.490 e. The van der Waals surface area contributed by atoms with Gasteiger partial charge in [0.15, 0.2) is 0 Å². The quantitative estimate of drug-likeness (QED) is 0.471. The molecule has 4 saturated carbocycles. The van der Waals surface area contributed by atoms with Gasteiger partial charge in [0.05, 0.1) is 12.2 Å². The van der Waals surface area contributed by atoms with Crippen LogP contribution in [0.15, 0.2) is 42.5 Å². The smallest absolute Gasteiger partial charge is 0.335 e. The van der Waals surface area contributed by atoms with E-state index in [0.29, 0.717) is 17.0 Å². The number of carboxylic acid groups (broad SMARTS) is 1. The normalized spacial score (nSPS) is 27.9. The zero-order valence-corrected chi connectivity index (χ0v) is 19.1. The molecule has 2 aromatic carbocycles. The maximum Gasteiger partial charge on any atom is 0.335 e. The molecule has 4 N–H and O–H groups in total. The molecular formula is C27H31NO6. The average molecular weight is 466 g/mol. The van der Waals surface area contributed by atoms with Gasteiger partial charge >= 0.3 is 5.97 Å². The summed E-state index contributed by atoms with van der Waals surface area (Å²) in [6.07, 6.45) is 6.33. The van der Waals surface area contributed by atoms with Crippen molar-refractivity contribution in [1.29, 1.82) is 0 Å². The third-order valence-corrected chi connectivity index (χ3v) is 7.88. The summed E-state index contributed by atoms with van der Waals surface area (Å²) < 4.78 is 5.98. The summed E-state index contributed by atoms with van der Waals surface area (Å²) in [5, 5.41) is 31.1. The molecule has 0 spiro atoms. The fourth-order valence-electron chi connectivity index (χ4n) is 6.79. The summed E-state index contributed by atoms with van der Waals surface area (Å²) >= 11 is 0. The third-order valence-electron chi connectivity index (χ3n) is 7.88. The van der Waals surface area contributed by atoms with Crippen molar-refractivity contribution in [2.75, 3.05) is 18.5 Å². The number of hydrogen-bond donors (Lipinski definition) is 4. The number of anilines is 1. The number of nitrogens with one attached hydrogen (secondary N) is 1. The van der Waals surface area contributed by atoms with Crippen molar-refractivity contribution in [1.82, 2.24) is 0 Å². The Hall–Kier alpha value is -2.90. The van der Waals surface area contributed by atoms with E-state index in [4.69, 9.17) is 9.84 Å². The molecule has 0 heterocycles. The second-order valence-corrected chi connectivity index (χ2v) is 10.4. The fourth-order valence-corrected chi connectivity index (χ4v) is 6.79. The lowest BCUT2D eigenvalue weighted by Crippen LogP contribution is -2.48. The number of ether oxygens (including phenoxy) is 1. The number of rotatable bonds is 8. The van der Waals surface area contributed by atoms with Gasteiger partial charge in [0.2, 0.25) is 0 Å². The average Bonchev–Trinajstić information content (AvgIpc) is 2.82. The maximum atomic E-state index is 12.8. The van der Waals surface area contributed by atoms with E-state index < -0.39 is 12.1 Å². The zero-order chi connectivity index (χ0) is 23.9. The predicted octanol–water partition coefficient (Wildman–Crippen LogP) is 3.84. The standard InChI is InChI=1S/C27H31NO6/c29-14-22(30)15-34-24-6-5-21(28-25(31)19-1-3-20(4-2-19)26(32)33)10-23(24)27-11-16-7-17(12-27)9-18(8-16)13-27/h1-6,10,16-18,22,29-30H,7-9,11-15H2,(H,28,31)(H,32,33). The minimum atomic E-state index is -1.03. The topological polar surface area (TPSA) is 116 Å². The van der Waals surface area contributed by atoms with Gasteiger partial charge in [-0.25, -0.2) is 4.79 Å². The summed E-state index contributed by atoms with van der Waals surface area (Å²) in [5.74, 6) is 1.56. The van der Waals surface area contributed by atoms with Gasteiger partial charge in [0.25, 0.3) is 5.91 Å². The molecule has 1 amide bonds. The van der Waals surface area contributed by atoms with Gasteiger partial charge in [-0.1, -0.05) is 0 Å². The molecule has 4 aliphatic rings. The van der Waals surface area contributed by atoms with Crippen molar-refractivity contribution in [2.24, 2.45) is 17.8 Å². The van der Waals surface area contributed by atoms with Crippen molar-refractivity contribution < 1.29 is 29.6 Å². The zero-order valence-electron chi connectivity index (χ0n) is 19.1. The van der Waals surface area contributed by atoms with Gasteiger partial charge in [-0.2, -0.15) is 0 Å². The lowest BCUT2D eigenvalue weighted by atomic mass is 9.48. The van der Waals surface area contributed by atoms with E-state index in [-0.39, 0.29) is 30.1 Å². The number of carboxylic acids is 1. The first-order valence-corrected chi connectivity index (χ1v) is 12.1. The SMILES string of the molecule is O=C(O)c1ccc(C(=O)Nc2ccc(OCC(O)CO)c(C34CC5CC(CC(C5)C3)C4)c2)cc1. The number of hydrogen-bond acceptors (Lipinski definition) is 5. The molecule has 180 valence electrons. The van der Waals surface area contributed by atoms with Crippen LogP contribution in [0.2, 0.25) is 0 Å². The van der Waals surface area contributed by atoms with E-state index >= 15 is 0 Å². The maximum absolute atomic E-state index is 12.8. The van der Waals surface area contributed by atoms with Crippen LogP contribution in [0.1, 0.15) is 64.8 Å². The third kappa shape index (κ3) is 4.42. The first-order chi connectivity index (χ1) is 16.3. The van der Waals surface area contributed by atoms with Crippen LogP contribution in [0.4, 0.5) is 5.69 Å². The Kier molecular flexibility index (Phi) is 6.08. The number of amides is 1. The highest BCUT2D eigenvalue weighted by Crippen LogP contribution is 2.62. The summed E-state index contributed by atoms with van der Waals surface area (Å²) in [7, 11) is 0. The first kappa shape index (κ1) is 22.9. The van der Waals surface area contributed by atoms with Crippen molar-refractivity contribution in [3.63, 3.8) is 0 Å². The molecule has 4 aliphatic carbocycles. The van der Waals surface area contributed by atoms with Gasteiger partial charge in [-0.15, -0.1) is 0 Å². The summed E-state index contributed by atoms with van der Waals surface area (Å²) in [5.41, 5.74) is 2.27. The molecule has 7 nitrogen and oxygen atoms in total. The Morgan fingerprint density at radius 3 is 2.12 bits per heavy atom. The van der Waals surface area contributed by atoms with Gasteiger partial charge in [0.1, 0.15) is 18.5 Å². The molecule has 0 aromatic heterocycles. The monoisotopic (exact) mass is 465 g/mol. The van der Waals surface area contributed by atoms with E-state index in [2.05, 4.69) is 5.32 Å². The molecule has 1 atom stereocenters. The van der Waals surface area contributed by atoms with Crippen LogP contribution in [0.5, 0.6) is 5.75 Å². The Morgan fingerprint density at radius 2 is 1.56 bits per heavy atom. The molecule has 34 heavy (non-hydrogen) atoms. The molecule has 2 aromatic rings. The van der Waals surface area contributed by atoms with Crippen LogP contribution in [-0.2, 0) is 5.41 Å². The number of aliphatic hydroxyl groups is 2. The van der Waals surface area contributed by atoms with Crippen LogP contribution >= 0.6 is 0 Å². The highest BCUT2D eigenvalue weighted by Gasteiger charge is 2.52. The number of carbonyl (C=O) groups is 2. The molecule has 4 fully saturated rings. The molecule has 0 saturated heterocycles. The van der Waals surface area contributed by atoms with Crippen molar-refractivity contribution in [3.8, 4) is 5.75 Å². The Balaban J connectivity index is 1.43. The minimum absolute atomic E-state index is 0.0114. The molecule has 0 radical (unpaired) electrons. The number of benzene rings is 2. The van der Waals surface area contributed by atoms with Crippen molar-refractivity contribution in [2.45, 2.75) is 50.0 Å². The minimum Gasteiger partial charge on any atom is -0.490 e. The summed E-state index contributed by atoms with van der Waals surface area (Å²) in [6.45, 7) is -0.348. The van der Waals surface area contributed by atoms with Crippen molar-refractivity contribution in [3.05, 3.63) is 59.2 Å². The second kappa shape index (κ2) is 9.04.